The Morgan fingerprint density at radius 3 is 2.70 bits per heavy atom. The normalized spacial score (nSPS) is 13.6. The average Bonchev–Trinajstić information content (AvgIpc) is 3.29. The molecule has 0 unspecified atom stereocenters. The third-order valence-electron chi connectivity index (χ3n) is 3.55. The molecule has 120 valence electrons. The molecule has 2 aromatic rings. The zero-order valence-corrected chi connectivity index (χ0v) is 12.9. The molecule has 1 heterocycles. The predicted octanol–water partition coefficient (Wildman–Crippen LogP) is 1.43. The lowest BCUT2D eigenvalue weighted by Crippen LogP contribution is -2.38. The fourth-order valence-corrected chi connectivity index (χ4v) is 2.29. The first-order chi connectivity index (χ1) is 11.2. The molecule has 7 nitrogen and oxygen atoms in total. The Hall–Kier alpha value is -2.70. The van der Waals surface area contributed by atoms with E-state index in [4.69, 9.17) is 4.74 Å². The molecule has 7 heteroatoms. The lowest BCUT2D eigenvalue weighted by molar-refractivity contribution is -0.144. The number of hydrogen-bond acceptors (Lipinski definition) is 5. The van der Waals surface area contributed by atoms with Gasteiger partial charge in [-0.3, -0.25) is 9.59 Å². The van der Waals surface area contributed by atoms with Crippen LogP contribution in [0.15, 0.2) is 36.5 Å². The van der Waals surface area contributed by atoms with E-state index in [-0.39, 0.29) is 24.2 Å². The molecule has 1 aromatic heterocycles. The summed E-state index contributed by atoms with van der Waals surface area (Å²) in [7, 11) is 0. The number of carbonyl (C=O) groups is 2. The molecular formula is C16H18N4O3. The Balaban J connectivity index is 1.76. The molecule has 1 aromatic carbocycles. The fourth-order valence-electron chi connectivity index (χ4n) is 2.29. The van der Waals surface area contributed by atoms with Crippen LogP contribution < -0.4 is 0 Å². The van der Waals surface area contributed by atoms with Crippen molar-refractivity contribution in [1.82, 2.24) is 19.9 Å². The molecule has 0 atom stereocenters. The van der Waals surface area contributed by atoms with Gasteiger partial charge in [-0.15, -0.1) is 5.10 Å². The van der Waals surface area contributed by atoms with Gasteiger partial charge in [-0.1, -0.05) is 18.2 Å². The van der Waals surface area contributed by atoms with Crippen molar-refractivity contribution in [3.63, 3.8) is 0 Å². The minimum absolute atomic E-state index is 0.0461. The monoisotopic (exact) mass is 314 g/mol. The van der Waals surface area contributed by atoms with Crippen molar-refractivity contribution in [3.05, 3.63) is 42.2 Å². The average molecular weight is 314 g/mol. The highest BCUT2D eigenvalue weighted by Gasteiger charge is 2.35. The Labute approximate surface area is 133 Å². The standard InChI is InChI=1S/C16H18N4O3/c1-2-23-15(21)11-19(12-8-9-12)16(22)14-10-17-20(18-14)13-6-4-3-5-7-13/h3-7,10,12H,2,8-9,11H2,1H3. The highest BCUT2D eigenvalue weighted by Crippen LogP contribution is 2.27. The van der Waals surface area contributed by atoms with Gasteiger partial charge in [0, 0.05) is 6.04 Å². The molecule has 0 N–H and O–H groups in total. The minimum Gasteiger partial charge on any atom is -0.465 e. The van der Waals surface area contributed by atoms with Gasteiger partial charge in [0.1, 0.15) is 6.54 Å². The molecule has 23 heavy (non-hydrogen) atoms. The second-order valence-corrected chi connectivity index (χ2v) is 5.32. The van der Waals surface area contributed by atoms with E-state index in [1.54, 1.807) is 6.92 Å². The topological polar surface area (TPSA) is 77.3 Å². The second kappa shape index (κ2) is 6.60. The van der Waals surface area contributed by atoms with Crippen LogP contribution in [0.2, 0.25) is 0 Å². The molecule has 0 radical (unpaired) electrons. The summed E-state index contributed by atoms with van der Waals surface area (Å²) in [6.07, 6.45) is 3.23. The summed E-state index contributed by atoms with van der Waals surface area (Å²) >= 11 is 0. The molecule has 0 saturated heterocycles. The Bertz CT molecular complexity index is 694. The van der Waals surface area contributed by atoms with E-state index in [0.29, 0.717) is 6.61 Å². The van der Waals surface area contributed by atoms with Crippen LogP contribution in [0.5, 0.6) is 0 Å². The number of aromatic nitrogens is 3. The Morgan fingerprint density at radius 1 is 1.30 bits per heavy atom. The van der Waals surface area contributed by atoms with Crippen LogP contribution in [0.4, 0.5) is 0 Å². The highest BCUT2D eigenvalue weighted by atomic mass is 16.5. The summed E-state index contributed by atoms with van der Waals surface area (Å²) in [5.41, 5.74) is 1.000. The third-order valence-corrected chi connectivity index (χ3v) is 3.55. The van der Waals surface area contributed by atoms with Gasteiger partial charge >= 0.3 is 5.97 Å². The SMILES string of the molecule is CCOC(=O)CN(C(=O)c1cnn(-c2ccccc2)n1)C1CC1. The lowest BCUT2D eigenvalue weighted by atomic mass is 10.3. The molecule has 1 saturated carbocycles. The van der Waals surface area contributed by atoms with Crippen molar-refractivity contribution >= 4 is 11.9 Å². The maximum absolute atomic E-state index is 12.6. The lowest BCUT2D eigenvalue weighted by Gasteiger charge is -2.19. The number of esters is 1. The maximum Gasteiger partial charge on any atom is 0.325 e. The van der Waals surface area contributed by atoms with E-state index < -0.39 is 5.97 Å². The summed E-state index contributed by atoms with van der Waals surface area (Å²) in [5, 5.41) is 8.35. The summed E-state index contributed by atoms with van der Waals surface area (Å²) in [5.74, 6) is -0.689. The van der Waals surface area contributed by atoms with Crippen molar-refractivity contribution < 1.29 is 14.3 Å². The molecule has 3 rings (SSSR count). The van der Waals surface area contributed by atoms with Gasteiger partial charge in [0.15, 0.2) is 5.69 Å². The summed E-state index contributed by atoms with van der Waals surface area (Å²) in [6.45, 7) is 2.00. The maximum atomic E-state index is 12.6. The number of carbonyl (C=O) groups excluding carboxylic acids is 2. The largest absolute Gasteiger partial charge is 0.465 e. The van der Waals surface area contributed by atoms with Gasteiger partial charge in [-0.05, 0) is 31.9 Å². The van der Waals surface area contributed by atoms with Crippen LogP contribution in [0.1, 0.15) is 30.3 Å². The number of para-hydroxylation sites is 1. The summed E-state index contributed by atoms with van der Waals surface area (Å²) < 4.78 is 4.94. The number of benzene rings is 1. The predicted molar refractivity (Wildman–Crippen MR) is 82.1 cm³/mol. The number of amides is 1. The number of ether oxygens (including phenoxy) is 1. The zero-order valence-electron chi connectivity index (χ0n) is 12.9. The minimum atomic E-state index is -0.400. The quantitative estimate of drug-likeness (QED) is 0.754. The second-order valence-electron chi connectivity index (χ2n) is 5.32. The zero-order chi connectivity index (χ0) is 16.2. The molecule has 0 spiro atoms. The van der Waals surface area contributed by atoms with Crippen LogP contribution in [0.3, 0.4) is 0 Å². The number of hydrogen-bond donors (Lipinski definition) is 0. The van der Waals surface area contributed by atoms with E-state index in [0.717, 1.165) is 18.5 Å². The van der Waals surface area contributed by atoms with E-state index >= 15 is 0 Å². The van der Waals surface area contributed by atoms with Crippen molar-refractivity contribution in [2.75, 3.05) is 13.2 Å². The van der Waals surface area contributed by atoms with Crippen LogP contribution in [0, 0.1) is 0 Å². The molecule has 1 amide bonds. The van der Waals surface area contributed by atoms with Gasteiger partial charge in [0.05, 0.1) is 18.5 Å². The smallest absolute Gasteiger partial charge is 0.325 e. The van der Waals surface area contributed by atoms with Crippen LogP contribution in [0.25, 0.3) is 5.69 Å². The molecule has 1 aliphatic carbocycles. The first-order valence-electron chi connectivity index (χ1n) is 7.63. The van der Waals surface area contributed by atoms with Crippen molar-refractivity contribution in [2.24, 2.45) is 0 Å². The van der Waals surface area contributed by atoms with E-state index in [2.05, 4.69) is 10.2 Å². The third kappa shape index (κ3) is 3.56. The molecule has 1 aliphatic rings. The molecule has 0 bridgehead atoms. The van der Waals surface area contributed by atoms with Crippen LogP contribution in [-0.4, -0.2) is 51.0 Å². The van der Waals surface area contributed by atoms with Gasteiger partial charge in [0.25, 0.3) is 5.91 Å². The molecule has 0 aliphatic heterocycles. The van der Waals surface area contributed by atoms with Crippen LogP contribution in [-0.2, 0) is 9.53 Å². The first kappa shape index (κ1) is 15.2. The highest BCUT2D eigenvalue weighted by molar-refractivity contribution is 5.94. The van der Waals surface area contributed by atoms with E-state index in [1.807, 2.05) is 30.3 Å². The molecular weight excluding hydrogens is 296 g/mol. The number of nitrogens with zero attached hydrogens (tertiary/aromatic N) is 4. The van der Waals surface area contributed by atoms with Gasteiger partial charge in [-0.25, -0.2) is 0 Å². The van der Waals surface area contributed by atoms with Gasteiger partial charge < -0.3 is 9.64 Å². The Morgan fingerprint density at radius 2 is 2.04 bits per heavy atom. The Kier molecular flexibility index (Phi) is 4.36. The van der Waals surface area contributed by atoms with Gasteiger partial charge in [0.2, 0.25) is 0 Å². The first-order valence-corrected chi connectivity index (χ1v) is 7.63. The van der Waals surface area contributed by atoms with E-state index in [1.165, 1.54) is 15.9 Å². The van der Waals surface area contributed by atoms with Crippen molar-refractivity contribution in [2.45, 2.75) is 25.8 Å². The summed E-state index contributed by atoms with van der Waals surface area (Å²) in [4.78, 5) is 27.2. The fraction of sp³-hybridized carbons (Fsp3) is 0.375. The summed E-state index contributed by atoms with van der Waals surface area (Å²) in [6, 6.07) is 9.44. The molecule has 1 fully saturated rings. The number of rotatable bonds is 6. The van der Waals surface area contributed by atoms with E-state index in [9.17, 15) is 9.59 Å². The van der Waals surface area contributed by atoms with Crippen molar-refractivity contribution in [1.29, 1.82) is 0 Å². The van der Waals surface area contributed by atoms with Gasteiger partial charge in [-0.2, -0.15) is 9.90 Å². The van der Waals surface area contributed by atoms with Crippen LogP contribution >= 0.6 is 0 Å². The van der Waals surface area contributed by atoms with Crippen molar-refractivity contribution in [3.8, 4) is 5.69 Å².